The Kier molecular flexibility index (Phi) is 5.00. The normalized spacial score (nSPS) is 13.8. The van der Waals surface area contributed by atoms with Gasteiger partial charge in [0.05, 0.1) is 10.8 Å². The van der Waals surface area contributed by atoms with Crippen LogP contribution < -0.4 is 0 Å². The first-order chi connectivity index (χ1) is 8.68. The smallest absolute Gasteiger partial charge is 0.171 e. The van der Waals surface area contributed by atoms with Gasteiger partial charge in [0.1, 0.15) is 5.25 Å². The Morgan fingerprint density at radius 3 is 2.21 bits per heavy atom. The van der Waals surface area contributed by atoms with Crippen molar-refractivity contribution in [2.24, 2.45) is 0 Å². The van der Waals surface area contributed by atoms with E-state index >= 15 is 0 Å². The Morgan fingerprint density at radius 1 is 1.26 bits per heavy atom. The SMILES string of the molecule is CC(C)(C)S(=O)(=O)C(C#N)CCc1ccc(Cl)cc1. The van der Waals surface area contributed by atoms with Gasteiger partial charge in [0.25, 0.3) is 0 Å². The summed E-state index contributed by atoms with van der Waals surface area (Å²) in [5.41, 5.74) is 0.980. The van der Waals surface area contributed by atoms with E-state index in [1.165, 1.54) is 0 Å². The summed E-state index contributed by atoms with van der Waals surface area (Å²) >= 11 is 5.79. The third-order valence-electron chi connectivity index (χ3n) is 2.98. The van der Waals surface area contributed by atoms with Crippen molar-refractivity contribution in [1.29, 1.82) is 5.26 Å². The number of hydrogen-bond acceptors (Lipinski definition) is 3. The molecule has 0 aliphatic heterocycles. The third kappa shape index (κ3) is 3.95. The fourth-order valence-electron chi connectivity index (χ4n) is 1.66. The Hall–Kier alpha value is -1.05. The average Bonchev–Trinajstić information content (AvgIpc) is 2.30. The highest BCUT2D eigenvalue weighted by atomic mass is 35.5. The molecular weight excluding hydrogens is 282 g/mol. The van der Waals surface area contributed by atoms with Gasteiger partial charge in [0.15, 0.2) is 9.84 Å². The summed E-state index contributed by atoms with van der Waals surface area (Å²) < 4.78 is 23.5. The molecule has 0 aliphatic carbocycles. The molecule has 1 aromatic rings. The monoisotopic (exact) mass is 299 g/mol. The molecule has 104 valence electrons. The Balaban J connectivity index is 2.80. The lowest BCUT2D eigenvalue weighted by Crippen LogP contribution is -2.36. The zero-order chi connectivity index (χ0) is 14.7. The van der Waals surface area contributed by atoms with Crippen LogP contribution in [0.3, 0.4) is 0 Å². The number of sulfone groups is 1. The van der Waals surface area contributed by atoms with Crippen LogP contribution >= 0.6 is 11.6 Å². The molecule has 0 bridgehead atoms. The van der Waals surface area contributed by atoms with E-state index < -0.39 is 19.8 Å². The average molecular weight is 300 g/mol. The topological polar surface area (TPSA) is 57.9 Å². The highest BCUT2D eigenvalue weighted by molar-refractivity contribution is 7.93. The molecule has 0 heterocycles. The maximum atomic E-state index is 12.2. The molecule has 0 aromatic heterocycles. The molecule has 0 saturated heterocycles. The van der Waals surface area contributed by atoms with Crippen molar-refractivity contribution >= 4 is 21.4 Å². The number of rotatable bonds is 4. The number of nitrogens with zero attached hydrogens (tertiary/aromatic N) is 1. The fourth-order valence-corrected chi connectivity index (χ4v) is 3.21. The van der Waals surface area contributed by atoms with Crippen LogP contribution in [0.15, 0.2) is 24.3 Å². The minimum atomic E-state index is -3.45. The molecule has 1 rings (SSSR count). The second-order valence-electron chi connectivity index (χ2n) is 5.44. The van der Waals surface area contributed by atoms with Gasteiger partial charge in [0, 0.05) is 5.02 Å². The van der Waals surface area contributed by atoms with E-state index in [0.717, 1.165) is 5.56 Å². The van der Waals surface area contributed by atoms with Crippen molar-refractivity contribution in [3.8, 4) is 6.07 Å². The zero-order valence-electron chi connectivity index (χ0n) is 11.4. The first-order valence-electron chi connectivity index (χ1n) is 6.06. The van der Waals surface area contributed by atoms with Gasteiger partial charge in [0.2, 0.25) is 0 Å². The van der Waals surface area contributed by atoms with Crippen LogP contribution in [0.2, 0.25) is 5.02 Å². The predicted molar refractivity (Wildman–Crippen MR) is 77.8 cm³/mol. The van der Waals surface area contributed by atoms with Gasteiger partial charge in [-0.3, -0.25) is 0 Å². The van der Waals surface area contributed by atoms with Crippen LogP contribution in [0.5, 0.6) is 0 Å². The lowest BCUT2D eigenvalue weighted by molar-refractivity contribution is 0.549. The number of aryl methyl sites for hydroxylation is 1. The molecule has 3 nitrogen and oxygen atoms in total. The molecule has 0 spiro atoms. The minimum absolute atomic E-state index is 0.303. The lowest BCUT2D eigenvalue weighted by atomic mass is 10.1. The van der Waals surface area contributed by atoms with Crippen LogP contribution in [0.4, 0.5) is 0 Å². The summed E-state index contributed by atoms with van der Waals surface area (Å²) in [6.45, 7) is 4.86. The summed E-state index contributed by atoms with van der Waals surface area (Å²) in [4.78, 5) is 0. The molecule has 0 amide bonds. The standard InChI is InChI=1S/C14H18ClNO2S/c1-14(2,3)19(17,18)13(10-16)9-6-11-4-7-12(15)8-5-11/h4-5,7-8,13H,6,9H2,1-3H3. The van der Waals surface area contributed by atoms with Crippen LogP contribution in [0, 0.1) is 11.3 Å². The lowest BCUT2D eigenvalue weighted by Gasteiger charge is -2.22. The molecular formula is C14H18ClNO2S. The molecule has 1 atom stereocenters. The van der Waals surface area contributed by atoms with E-state index in [-0.39, 0.29) is 0 Å². The van der Waals surface area contributed by atoms with Gasteiger partial charge < -0.3 is 0 Å². The van der Waals surface area contributed by atoms with E-state index in [2.05, 4.69) is 0 Å². The number of halogens is 1. The number of hydrogen-bond donors (Lipinski definition) is 0. The molecule has 0 aliphatic rings. The van der Waals surface area contributed by atoms with Crippen LogP contribution in [-0.2, 0) is 16.3 Å². The molecule has 19 heavy (non-hydrogen) atoms. The molecule has 1 unspecified atom stereocenters. The molecule has 5 heteroatoms. The Morgan fingerprint density at radius 2 is 1.79 bits per heavy atom. The van der Waals surface area contributed by atoms with Crippen molar-refractivity contribution in [3.05, 3.63) is 34.9 Å². The Bertz CT molecular complexity index is 565. The summed E-state index contributed by atoms with van der Waals surface area (Å²) in [6.07, 6.45) is 0.850. The summed E-state index contributed by atoms with van der Waals surface area (Å²) in [5, 5.41) is 8.77. The van der Waals surface area contributed by atoms with Gasteiger partial charge in [-0.25, -0.2) is 8.42 Å². The molecule has 0 N–H and O–H groups in total. The van der Waals surface area contributed by atoms with E-state index in [1.54, 1.807) is 32.9 Å². The fraction of sp³-hybridized carbons (Fsp3) is 0.500. The van der Waals surface area contributed by atoms with Crippen LogP contribution in [0.1, 0.15) is 32.8 Å². The molecule has 0 radical (unpaired) electrons. The van der Waals surface area contributed by atoms with Gasteiger partial charge in [-0.05, 0) is 51.3 Å². The maximum Gasteiger partial charge on any atom is 0.171 e. The highest BCUT2D eigenvalue weighted by Crippen LogP contribution is 2.23. The van der Waals surface area contributed by atoms with E-state index in [0.29, 0.717) is 17.9 Å². The minimum Gasteiger partial charge on any atom is -0.227 e. The second-order valence-corrected chi connectivity index (χ2v) is 8.76. The molecule has 0 saturated carbocycles. The van der Waals surface area contributed by atoms with Crippen molar-refractivity contribution < 1.29 is 8.42 Å². The van der Waals surface area contributed by atoms with Crippen molar-refractivity contribution in [2.75, 3.05) is 0 Å². The number of nitriles is 1. The second kappa shape index (κ2) is 5.94. The van der Waals surface area contributed by atoms with Gasteiger partial charge in [-0.2, -0.15) is 5.26 Å². The number of benzene rings is 1. The Labute approximate surface area is 120 Å². The van der Waals surface area contributed by atoms with Crippen molar-refractivity contribution in [2.45, 2.75) is 43.6 Å². The van der Waals surface area contributed by atoms with Gasteiger partial charge >= 0.3 is 0 Å². The highest BCUT2D eigenvalue weighted by Gasteiger charge is 2.36. The predicted octanol–water partition coefficient (Wildman–Crippen LogP) is 3.38. The van der Waals surface area contributed by atoms with E-state index in [9.17, 15) is 8.42 Å². The van der Waals surface area contributed by atoms with Gasteiger partial charge in [-0.1, -0.05) is 23.7 Å². The molecule has 0 fully saturated rings. The quantitative estimate of drug-likeness (QED) is 0.856. The first-order valence-corrected chi connectivity index (χ1v) is 7.98. The van der Waals surface area contributed by atoms with Crippen LogP contribution in [0.25, 0.3) is 0 Å². The van der Waals surface area contributed by atoms with Gasteiger partial charge in [-0.15, -0.1) is 0 Å². The largest absolute Gasteiger partial charge is 0.227 e. The van der Waals surface area contributed by atoms with Crippen LogP contribution in [-0.4, -0.2) is 18.4 Å². The van der Waals surface area contributed by atoms with E-state index in [1.807, 2.05) is 18.2 Å². The van der Waals surface area contributed by atoms with E-state index in [4.69, 9.17) is 16.9 Å². The van der Waals surface area contributed by atoms with Crippen molar-refractivity contribution in [1.82, 2.24) is 0 Å². The third-order valence-corrected chi connectivity index (χ3v) is 6.03. The zero-order valence-corrected chi connectivity index (χ0v) is 12.9. The van der Waals surface area contributed by atoms with Crippen molar-refractivity contribution in [3.63, 3.8) is 0 Å². The first kappa shape index (κ1) is 16.0. The molecule has 1 aromatic carbocycles. The maximum absolute atomic E-state index is 12.2. The summed E-state index contributed by atoms with van der Waals surface area (Å²) in [7, 11) is -3.45. The summed E-state index contributed by atoms with van der Waals surface area (Å²) in [5.74, 6) is 0. The summed E-state index contributed by atoms with van der Waals surface area (Å²) in [6, 6.07) is 9.13.